The average molecular weight is 315 g/mol. The van der Waals surface area contributed by atoms with E-state index in [2.05, 4.69) is 58.4 Å². The lowest BCUT2D eigenvalue weighted by atomic mass is 10.1. The second-order valence-corrected chi connectivity index (χ2v) is 5.19. The maximum absolute atomic E-state index is 6.00. The summed E-state index contributed by atoms with van der Waals surface area (Å²) in [6.07, 6.45) is 8.52. The van der Waals surface area contributed by atoms with Crippen LogP contribution < -0.4 is 4.74 Å². The maximum atomic E-state index is 6.00. The molecule has 0 spiro atoms. The molecule has 1 nitrogen and oxygen atoms in total. The molecule has 3 rings (SSSR count). The van der Waals surface area contributed by atoms with Crippen molar-refractivity contribution >= 4 is 26.7 Å². The van der Waals surface area contributed by atoms with E-state index >= 15 is 0 Å². The van der Waals surface area contributed by atoms with Crippen molar-refractivity contribution in [3.63, 3.8) is 0 Å². The van der Waals surface area contributed by atoms with Gasteiger partial charge < -0.3 is 4.74 Å². The molecule has 96 valence electrons. The highest BCUT2D eigenvalue weighted by molar-refractivity contribution is 9.08. The normalized spacial score (nSPS) is 14.5. The molecule has 0 heterocycles. The molecule has 2 aromatic rings. The van der Waals surface area contributed by atoms with Gasteiger partial charge in [0, 0.05) is 10.7 Å². The number of hydrogen-bond donors (Lipinski definition) is 0. The Hall–Kier alpha value is -1.54. The number of fused-ring (bicyclic) bond motifs is 1. The summed E-state index contributed by atoms with van der Waals surface area (Å²) in [7, 11) is 0. The first kappa shape index (κ1) is 12.5. The minimum atomic E-state index is 0.877. The largest absolute Gasteiger partial charge is 0.457 e. The van der Waals surface area contributed by atoms with E-state index in [1.165, 1.54) is 10.9 Å². The fourth-order valence-electron chi connectivity index (χ4n) is 2.27. The van der Waals surface area contributed by atoms with Gasteiger partial charge in [0.15, 0.2) is 0 Å². The minimum Gasteiger partial charge on any atom is -0.457 e. The Morgan fingerprint density at radius 2 is 2.05 bits per heavy atom. The number of ether oxygens (including phenoxy) is 1. The molecule has 0 aliphatic heterocycles. The number of benzene rings is 2. The topological polar surface area (TPSA) is 9.23 Å². The zero-order valence-electron chi connectivity index (χ0n) is 10.6. The molecule has 1 aliphatic rings. The molecule has 1 aliphatic carbocycles. The molecule has 0 unspecified atom stereocenters. The smallest absolute Gasteiger partial charge is 0.135 e. The van der Waals surface area contributed by atoms with E-state index < -0.39 is 0 Å². The van der Waals surface area contributed by atoms with Crippen LogP contribution in [0, 0.1) is 0 Å². The number of allylic oxidation sites excluding steroid dienone is 3. The van der Waals surface area contributed by atoms with Crippen molar-refractivity contribution in [2.75, 3.05) is 0 Å². The molecule has 0 N–H and O–H groups in total. The van der Waals surface area contributed by atoms with Crippen LogP contribution in [0.2, 0.25) is 0 Å². The molecular formula is C17H15BrO. The lowest BCUT2D eigenvalue weighted by molar-refractivity contribution is 0.444. The molecule has 0 fully saturated rings. The summed E-state index contributed by atoms with van der Waals surface area (Å²) in [6.45, 7) is 0. The summed E-state index contributed by atoms with van der Waals surface area (Å²) in [5, 5.41) is 3.25. The number of halogens is 1. The molecule has 0 saturated heterocycles. The minimum absolute atomic E-state index is 0.877. The zero-order valence-corrected chi connectivity index (χ0v) is 12.2. The van der Waals surface area contributed by atoms with Gasteiger partial charge in [0.05, 0.1) is 0 Å². The SMILES string of the molecule is BrCc1ccc2c(OC3=CCCC=C3)cccc2c1. The Labute approximate surface area is 121 Å². The number of rotatable bonds is 3. The van der Waals surface area contributed by atoms with Gasteiger partial charge in [-0.2, -0.15) is 0 Å². The molecule has 0 saturated carbocycles. The Kier molecular flexibility index (Phi) is 3.69. The molecule has 2 aromatic carbocycles. The van der Waals surface area contributed by atoms with Gasteiger partial charge in [0.25, 0.3) is 0 Å². The standard InChI is InChI=1S/C17H15BrO/c18-12-13-9-10-16-14(11-13)5-4-8-17(16)19-15-6-2-1-3-7-15/h2,4-11H,1,3,12H2. The third-order valence-corrected chi connectivity index (χ3v) is 3.90. The molecule has 0 aromatic heterocycles. The van der Waals surface area contributed by atoms with Crippen LogP contribution >= 0.6 is 15.9 Å². The highest BCUT2D eigenvalue weighted by Crippen LogP contribution is 2.29. The molecule has 19 heavy (non-hydrogen) atoms. The molecule has 0 amide bonds. The molecule has 0 bridgehead atoms. The zero-order chi connectivity index (χ0) is 13.1. The van der Waals surface area contributed by atoms with E-state index in [9.17, 15) is 0 Å². The lowest BCUT2D eigenvalue weighted by Gasteiger charge is -2.12. The third kappa shape index (κ3) is 2.74. The van der Waals surface area contributed by atoms with Gasteiger partial charge >= 0.3 is 0 Å². The van der Waals surface area contributed by atoms with Gasteiger partial charge in [-0.3, -0.25) is 0 Å². The highest BCUT2D eigenvalue weighted by atomic mass is 79.9. The van der Waals surface area contributed by atoms with E-state index in [4.69, 9.17) is 4.74 Å². The van der Waals surface area contributed by atoms with Crippen LogP contribution in [0.25, 0.3) is 10.8 Å². The van der Waals surface area contributed by atoms with Crippen LogP contribution in [0.3, 0.4) is 0 Å². The fraction of sp³-hybridized carbons (Fsp3) is 0.176. The van der Waals surface area contributed by atoms with Crippen molar-refractivity contribution < 1.29 is 4.74 Å². The molecule has 0 radical (unpaired) electrons. The van der Waals surface area contributed by atoms with Crippen LogP contribution in [0.4, 0.5) is 0 Å². The van der Waals surface area contributed by atoms with E-state index in [0.717, 1.165) is 35.1 Å². The van der Waals surface area contributed by atoms with Gasteiger partial charge in [-0.1, -0.05) is 52.3 Å². The van der Waals surface area contributed by atoms with Crippen molar-refractivity contribution in [3.05, 3.63) is 65.9 Å². The molecule has 0 atom stereocenters. The Balaban J connectivity index is 1.99. The van der Waals surface area contributed by atoms with Gasteiger partial charge in [-0.15, -0.1) is 0 Å². The van der Waals surface area contributed by atoms with E-state index in [1.54, 1.807) is 0 Å². The van der Waals surface area contributed by atoms with Crippen molar-refractivity contribution in [3.8, 4) is 5.75 Å². The summed E-state index contributed by atoms with van der Waals surface area (Å²) in [6, 6.07) is 12.7. The van der Waals surface area contributed by atoms with Crippen molar-refractivity contribution in [1.82, 2.24) is 0 Å². The van der Waals surface area contributed by atoms with Crippen molar-refractivity contribution in [1.29, 1.82) is 0 Å². The molecular weight excluding hydrogens is 300 g/mol. The predicted octanol–water partition coefficient (Wildman–Crippen LogP) is 5.35. The van der Waals surface area contributed by atoms with E-state index in [0.29, 0.717) is 0 Å². The second kappa shape index (κ2) is 5.62. The quantitative estimate of drug-likeness (QED) is 0.694. The summed E-state index contributed by atoms with van der Waals surface area (Å²) < 4.78 is 6.00. The first-order chi connectivity index (χ1) is 9.36. The monoisotopic (exact) mass is 314 g/mol. The van der Waals surface area contributed by atoms with Crippen LogP contribution in [-0.2, 0) is 5.33 Å². The average Bonchev–Trinajstić information content (AvgIpc) is 2.48. The second-order valence-electron chi connectivity index (χ2n) is 4.63. The number of alkyl halides is 1. The van der Waals surface area contributed by atoms with Crippen molar-refractivity contribution in [2.45, 2.75) is 18.2 Å². The van der Waals surface area contributed by atoms with Crippen LogP contribution in [-0.4, -0.2) is 0 Å². The highest BCUT2D eigenvalue weighted by Gasteiger charge is 2.05. The van der Waals surface area contributed by atoms with Gasteiger partial charge in [0.1, 0.15) is 11.5 Å². The fourth-order valence-corrected chi connectivity index (χ4v) is 2.62. The molecule has 2 heteroatoms. The summed E-state index contributed by atoms with van der Waals surface area (Å²) in [5.41, 5.74) is 1.28. The van der Waals surface area contributed by atoms with E-state index in [-0.39, 0.29) is 0 Å². The number of hydrogen-bond acceptors (Lipinski definition) is 1. The summed E-state index contributed by atoms with van der Waals surface area (Å²) in [5.74, 6) is 1.87. The predicted molar refractivity (Wildman–Crippen MR) is 83.7 cm³/mol. The van der Waals surface area contributed by atoms with Crippen LogP contribution in [0.1, 0.15) is 18.4 Å². The summed E-state index contributed by atoms with van der Waals surface area (Å²) in [4.78, 5) is 0. The Bertz CT molecular complexity index is 655. The van der Waals surface area contributed by atoms with Gasteiger partial charge in [-0.25, -0.2) is 0 Å². The Morgan fingerprint density at radius 3 is 2.84 bits per heavy atom. The summed E-state index contributed by atoms with van der Waals surface area (Å²) >= 11 is 3.49. The first-order valence-corrected chi connectivity index (χ1v) is 7.61. The third-order valence-electron chi connectivity index (χ3n) is 3.25. The van der Waals surface area contributed by atoms with E-state index in [1.807, 2.05) is 12.1 Å². The van der Waals surface area contributed by atoms with Crippen LogP contribution in [0.15, 0.2) is 60.4 Å². The van der Waals surface area contributed by atoms with Gasteiger partial charge in [0.2, 0.25) is 0 Å². The van der Waals surface area contributed by atoms with Gasteiger partial charge in [-0.05, 0) is 42.0 Å². The maximum Gasteiger partial charge on any atom is 0.135 e. The lowest BCUT2D eigenvalue weighted by Crippen LogP contribution is -1.96. The Morgan fingerprint density at radius 1 is 1.11 bits per heavy atom. The van der Waals surface area contributed by atoms with Crippen molar-refractivity contribution in [2.24, 2.45) is 0 Å². The first-order valence-electron chi connectivity index (χ1n) is 6.49. The van der Waals surface area contributed by atoms with Crippen LogP contribution in [0.5, 0.6) is 5.75 Å².